The van der Waals surface area contributed by atoms with Crippen molar-refractivity contribution in [2.24, 2.45) is 0 Å². The molecule has 0 aliphatic carbocycles. The number of rotatable bonds is 8. The van der Waals surface area contributed by atoms with Crippen LogP contribution in [-0.2, 0) is 6.54 Å². The number of fused-ring (bicyclic) bond motifs is 1. The van der Waals surface area contributed by atoms with Gasteiger partial charge in [0.2, 0.25) is 0 Å². The van der Waals surface area contributed by atoms with Gasteiger partial charge in [0.1, 0.15) is 5.75 Å². The molecule has 1 aromatic heterocycles. The summed E-state index contributed by atoms with van der Waals surface area (Å²) in [6.45, 7) is 1.01. The zero-order chi connectivity index (χ0) is 20.1. The van der Waals surface area contributed by atoms with Crippen LogP contribution in [-0.4, -0.2) is 27.7 Å². The molecule has 0 N–H and O–H groups in total. The Bertz CT molecular complexity index is 1070. The number of hydrogen-bond donors (Lipinski definition) is 0. The molecule has 0 unspecified atom stereocenters. The summed E-state index contributed by atoms with van der Waals surface area (Å²) in [5, 5.41) is 0.907. The lowest BCUT2D eigenvalue weighted by molar-refractivity contribution is -0.0498. The Morgan fingerprint density at radius 3 is 2.61 bits per heavy atom. The van der Waals surface area contributed by atoms with E-state index < -0.39 is 6.61 Å². The van der Waals surface area contributed by atoms with Gasteiger partial charge in [0.15, 0.2) is 10.9 Å². The van der Waals surface area contributed by atoms with E-state index in [1.807, 2.05) is 0 Å². The topological polar surface area (TPSA) is 61.2 Å². The van der Waals surface area contributed by atoms with E-state index in [1.54, 1.807) is 30.3 Å². The number of Topliss-reactive ketones (excluding diaryl/α,β-unsaturated/α-hetero) is 1. The van der Waals surface area contributed by atoms with Gasteiger partial charge in [-0.15, -0.1) is 6.58 Å². The number of nitrogens with zero attached hydrogens (tertiary/aromatic N) is 2. The van der Waals surface area contributed by atoms with E-state index in [0.717, 1.165) is 11.8 Å². The Kier molecular flexibility index (Phi) is 6.20. The molecule has 0 atom stereocenters. The number of aromatic nitrogens is 2. The maximum absolute atomic E-state index is 12.7. The standard InChI is InChI=1S/C20H16F2N2O3S/c1-2-11-24-18(26)15-5-3-4-6-16(15)23-20(24)28-12-17(25)13-7-9-14(10-8-13)27-19(21)22/h2-10,19H,1,11-12H2. The van der Waals surface area contributed by atoms with Gasteiger partial charge >= 0.3 is 6.61 Å². The molecule has 0 aliphatic rings. The van der Waals surface area contributed by atoms with Crippen LogP contribution in [0.3, 0.4) is 0 Å². The Morgan fingerprint density at radius 1 is 1.21 bits per heavy atom. The van der Waals surface area contributed by atoms with Gasteiger partial charge in [-0.1, -0.05) is 30.0 Å². The highest BCUT2D eigenvalue weighted by molar-refractivity contribution is 7.99. The number of hydrogen-bond acceptors (Lipinski definition) is 5. The molecule has 0 saturated carbocycles. The molecular weight excluding hydrogens is 386 g/mol. The maximum atomic E-state index is 12.7. The number of allylic oxidation sites excluding steroid dienone is 1. The number of halogens is 2. The molecule has 144 valence electrons. The number of ether oxygens (including phenoxy) is 1. The minimum Gasteiger partial charge on any atom is -0.435 e. The van der Waals surface area contributed by atoms with Crippen LogP contribution >= 0.6 is 11.8 Å². The zero-order valence-electron chi connectivity index (χ0n) is 14.7. The average molecular weight is 402 g/mol. The first-order valence-corrected chi connectivity index (χ1v) is 9.29. The molecule has 0 aliphatic heterocycles. The molecule has 0 fully saturated rings. The summed E-state index contributed by atoms with van der Waals surface area (Å²) in [5.41, 5.74) is 0.706. The molecule has 5 nitrogen and oxygen atoms in total. The third-order valence-corrected chi connectivity index (χ3v) is 4.85. The molecule has 3 aromatic rings. The number of thioether (sulfide) groups is 1. The van der Waals surface area contributed by atoms with E-state index in [1.165, 1.54) is 28.8 Å². The summed E-state index contributed by atoms with van der Waals surface area (Å²) >= 11 is 1.14. The number of carbonyl (C=O) groups is 1. The van der Waals surface area contributed by atoms with Crippen molar-refractivity contribution >= 4 is 28.4 Å². The van der Waals surface area contributed by atoms with Crippen molar-refractivity contribution in [3.05, 3.63) is 77.1 Å². The summed E-state index contributed by atoms with van der Waals surface area (Å²) in [5.74, 6) is -0.201. The molecule has 0 amide bonds. The van der Waals surface area contributed by atoms with Crippen LogP contribution < -0.4 is 10.3 Å². The first-order chi connectivity index (χ1) is 13.5. The van der Waals surface area contributed by atoms with Crippen molar-refractivity contribution in [3.63, 3.8) is 0 Å². The third-order valence-electron chi connectivity index (χ3n) is 3.87. The second-order valence-corrected chi connectivity index (χ2v) is 6.67. The Balaban J connectivity index is 1.80. The van der Waals surface area contributed by atoms with Crippen LogP contribution in [0.5, 0.6) is 5.75 Å². The summed E-state index contributed by atoms with van der Waals surface area (Å²) in [4.78, 5) is 29.6. The second-order valence-electron chi connectivity index (χ2n) is 5.73. The third kappa shape index (κ3) is 4.45. The number of carbonyl (C=O) groups excluding carboxylic acids is 1. The smallest absolute Gasteiger partial charge is 0.387 e. The van der Waals surface area contributed by atoms with Gasteiger partial charge in [0, 0.05) is 12.1 Å². The van der Waals surface area contributed by atoms with Crippen LogP contribution in [0.4, 0.5) is 8.78 Å². The van der Waals surface area contributed by atoms with Gasteiger partial charge in [-0.3, -0.25) is 14.2 Å². The van der Waals surface area contributed by atoms with Crippen molar-refractivity contribution in [2.75, 3.05) is 5.75 Å². The zero-order valence-corrected chi connectivity index (χ0v) is 15.5. The number of alkyl halides is 2. The van der Waals surface area contributed by atoms with E-state index in [9.17, 15) is 18.4 Å². The van der Waals surface area contributed by atoms with Crippen molar-refractivity contribution in [1.29, 1.82) is 0 Å². The van der Waals surface area contributed by atoms with Crippen LogP contribution in [0.25, 0.3) is 10.9 Å². The molecule has 8 heteroatoms. The lowest BCUT2D eigenvalue weighted by atomic mass is 10.1. The van der Waals surface area contributed by atoms with E-state index in [-0.39, 0.29) is 29.4 Å². The highest BCUT2D eigenvalue weighted by atomic mass is 32.2. The van der Waals surface area contributed by atoms with Crippen molar-refractivity contribution in [1.82, 2.24) is 9.55 Å². The van der Waals surface area contributed by atoms with Crippen molar-refractivity contribution in [2.45, 2.75) is 18.3 Å². The molecule has 0 radical (unpaired) electrons. The molecule has 0 bridgehead atoms. The van der Waals surface area contributed by atoms with E-state index in [0.29, 0.717) is 21.6 Å². The first-order valence-electron chi connectivity index (χ1n) is 8.31. The SMILES string of the molecule is C=CCn1c(SCC(=O)c2ccc(OC(F)F)cc2)nc2ccccc2c1=O. The van der Waals surface area contributed by atoms with Crippen LogP contribution in [0.2, 0.25) is 0 Å². The second kappa shape index (κ2) is 8.79. The van der Waals surface area contributed by atoms with Crippen LogP contribution in [0.1, 0.15) is 10.4 Å². The molecule has 3 rings (SSSR count). The van der Waals surface area contributed by atoms with Crippen molar-refractivity contribution < 1.29 is 18.3 Å². The average Bonchev–Trinajstić information content (AvgIpc) is 2.69. The Morgan fingerprint density at radius 2 is 1.93 bits per heavy atom. The van der Waals surface area contributed by atoms with Gasteiger partial charge in [-0.2, -0.15) is 8.78 Å². The van der Waals surface area contributed by atoms with Crippen molar-refractivity contribution in [3.8, 4) is 5.75 Å². The van der Waals surface area contributed by atoms with E-state index in [4.69, 9.17) is 0 Å². The highest BCUT2D eigenvalue weighted by Gasteiger charge is 2.14. The lowest BCUT2D eigenvalue weighted by Crippen LogP contribution is -2.23. The van der Waals surface area contributed by atoms with Gasteiger partial charge in [-0.25, -0.2) is 4.98 Å². The first kappa shape index (κ1) is 19.8. The number of ketones is 1. The van der Waals surface area contributed by atoms with Gasteiger partial charge in [0.25, 0.3) is 5.56 Å². The largest absolute Gasteiger partial charge is 0.435 e. The van der Waals surface area contributed by atoms with Gasteiger partial charge in [-0.05, 0) is 36.4 Å². The van der Waals surface area contributed by atoms with Gasteiger partial charge < -0.3 is 4.74 Å². The van der Waals surface area contributed by atoms with E-state index in [2.05, 4.69) is 16.3 Å². The Hall–Kier alpha value is -3.00. The number of para-hydroxylation sites is 1. The Labute approximate surface area is 163 Å². The van der Waals surface area contributed by atoms with Crippen LogP contribution in [0.15, 0.2) is 71.1 Å². The minimum absolute atomic E-state index is 0.0183. The van der Waals surface area contributed by atoms with Crippen LogP contribution in [0, 0.1) is 0 Å². The maximum Gasteiger partial charge on any atom is 0.387 e. The summed E-state index contributed by atoms with van der Waals surface area (Å²) < 4.78 is 30.1. The summed E-state index contributed by atoms with van der Waals surface area (Å²) in [7, 11) is 0. The summed E-state index contributed by atoms with van der Waals surface area (Å²) in [6, 6.07) is 12.5. The van der Waals surface area contributed by atoms with E-state index >= 15 is 0 Å². The molecule has 28 heavy (non-hydrogen) atoms. The quantitative estimate of drug-likeness (QED) is 0.245. The fraction of sp³-hybridized carbons (Fsp3) is 0.150. The lowest BCUT2D eigenvalue weighted by Gasteiger charge is -2.11. The predicted octanol–water partition coefficient (Wildman–Crippen LogP) is 4.16. The molecule has 0 saturated heterocycles. The monoisotopic (exact) mass is 402 g/mol. The van der Waals surface area contributed by atoms with Gasteiger partial charge in [0.05, 0.1) is 16.7 Å². The molecule has 2 aromatic carbocycles. The molecule has 0 spiro atoms. The fourth-order valence-corrected chi connectivity index (χ4v) is 3.49. The molecular formula is C20H16F2N2O3S. The number of benzene rings is 2. The predicted molar refractivity (Wildman–Crippen MR) is 104 cm³/mol. The minimum atomic E-state index is -2.92. The highest BCUT2D eigenvalue weighted by Crippen LogP contribution is 2.21. The molecule has 1 heterocycles. The fourth-order valence-electron chi connectivity index (χ4n) is 2.58. The summed E-state index contributed by atoms with van der Waals surface area (Å²) in [6.07, 6.45) is 1.59. The normalized spacial score (nSPS) is 11.0.